The van der Waals surface area contributed by atoms with Crippen LogP contribution in [0.5, 0.6) is 0 Å². The van der Waals surface area contributed by atoms with Crippen molar-refractivity contribution in [2.75, 3.05) is 39.9 Å². The fourth-order valence-corrected chi connectivity index (χ4v) is 4.28. The van der Waals surface area contributed by atoms with Crippen LogP contribution in [0.1, 0.15) is 41.7 Å². The van der Waals surface area contributed by atoms with Crippen molar-refractivity contribution in [1.29, 1.82) is 0 Å². The summed E-state index contributed by atoms with van der Waals surface area (Å²) in [4.78, 5) is 41.4. The molecule has 3 rings (SSSR count). The lowest BCUT2D eigenvalue weighted by Crippen LogP contribution is -2.55. The molecule has 0 aliphatic carbocycles. The molecule has 1 atom stereocenters. The molecule has 148 valence electrons. The van der Waals surface area contributed by atoms with Gasteiger partial charge in [-0.1, -0.05) is 0 Å². The summed E-state index contributed by atoms with van der Waals surface area (Å²) in [6.07, 6.45) is 3.20. The molecule has 27 heavy (non-hydrogen) atoms. The third-order valence-corrected chi connectivity index (χ3v) is 6.05. The van der Waals surface area contributed by atoms with Crippen molar-refractivity contribution in [1.82, 2.24) is 14.4 Å². The number of carbonyl (C=O) groups is 2. The third-order valence-electron chi connectivity index (χ3n) is 6.05. The number of likely N-dealkylation sites (tertiary alicyclic amines) is 2. The predicted octanol–water partition coefficient (Wildman–Crippen LogP) is 1.18. The molecule has 3 heterocycles. The largest absolute Gasteiger partial charge is 0.383 e. The van der Waals surface area contributed by atoms with Crippen molar-refractivity contribution < 1.29 is 14.3 Å². The zero-order chi connectivity index (χ0) is 19.6. The van der Waals surface area contributed by atoms with Gasteiger partial charge >= 0.3 is 0 Å². The molecule has 7 nitrogen and oxygen atoms in total. The van der Waals surface area contributed by atoms with Gasteiger partial charge in [0.2, 0.25) is 5.91 Å². The second kappa shape index (κ2) is 7.84. The van der Waals surface area contributed by atoms with E-state index in [4.69, 9.17) is 4.74 Å². The van der Waals surface area contributed by atoms with Crippen molar-refractivity contribution in [3.63, 3.8) is 0 Å². The zero-order valence-electron chi connectivity index (χ0n) is 16.5. The van der Waals surface area contributed by atoms with Crippen LogP contribution in [0, 0.1) is 12.3 Å². The van der Waals surface area contributed by atoms with Gasteiger partial charge in [-0.15, -0.1) is 0 Å². The maximum atomic E-state index is 13.0. The maximum Gasteiger partial charge on any atom is 0.263 e. The summed E-state index contributed by atoms with van der Waals surface area (Å²) in [5.74, 6) is -0.0384. The van der Waals surface area contributed by atoms with Crippen LogP contribution < -0.4 is 5.56 Å². The van der Waals surface area contributed by atoms with E-state index >= 15 is 0 Å². The lowest BCUT2D eigenvalue weighted by atomic mass is 9.73. The normalized spacial score (nSPS) is 23.1. The van der Waals surface area contributed by atoms with E-state index in [0.29, 0.717) is 39.2 Å². The van der Waals surface area contributed by atoms with E-state index in [1.165, 1.54) is 4.57 Å². The van der Waals surface area contributed by atoms with Crippen molar-refractivity contribution in [3.05, 3.63) is 33.7 Å². The van der Waals surface area contributed by atoms with Crippen LogP contribution in [-0.2, 0) is 16.6 Å². The van der Waals surface area contributed by atoms with Crippen LogP contribution in [0.3, 0.4) is 0 Å². The Morgan fingerprint density at radius 2 is 2.00 bits per heavy atom. The first-order chi connectivity index (χ1) is 12.9. The van der Waals surface area contributed by atoms with Crippen molar-refractivity contribution in [3.8, 4) is 0 Å². The van der Waals surface area contributed by atoms with Crippen LogP contribution in [0.25, 0.3) is 0 Å². The Balaban J connectivity index is 1.77. The topological polar surface area (TPSA) is 71.8 Å². The highest BCUT2D eigenvalue weighted by Gasteiger charge is 2.43. The molecule has 0 radical (unpaired) electrons. The van der Waals surface area contributed by atoms with Crippen LogP contribution in [0.2, 0.25) is 0 Å². The highest BCUT2D eigenvalue weighted by Crippen LogP contribution is 2.39. The van der Waals surface area contributed by atoms with Gasteiger partial charge in [-0.2, -0.15) is 0 Å². The number of nitrogens with zero attached hydrogens (tertiary/aromatic N) is 3. The Labute approximate surface area is 159 Å². The number of methoxy groups -OCH3 is 1. The Morgan fingerprint density at radius 1 is 1.22 bits per heavy atom. The van der Waals surface area contributed by atoms with E-state index in [-0.39, 0.29) is 28.4 Å². The highest BCUT2D eigenvalue weighted by atomic mass is 16.5. The summed E-state index contributed by atoms with van der Waals surface area (Å²) in [6, 6.07) is 3.44. The highest BCUT2D eigenvalue weighted by molar-refractivity contribution is 5.94. The summed E-state index contributed by atoms with van der Waals surface area (Å²) in [5, 5.41) is 0. The Bertz CT molecular complexity index is 788. The lowest BCUT2D eigenvalue weighted by molar-refractivity contribution is -0.139. The first-order valence-corrected chi connectivity index (χ1v) is 9.59. The first-order valence-electron chi connectivity index (χ1n) is 9.59. The second-order valence-corrected chi connectivity index (χ2v) is 7.89. The van der Waals surface area contributed by atoms with Gasteiger partial charge in [0.15, 0.2) is 0 Å². The average Bonchev–Trinajstić information content (AvgIpc) is 2.67. The average molecular weight is 375 g/mol. The van der Waals surface area contributed by atoms with Gasteiger partial charge in [0.1, 0.15) is 5.56 Å². The van der Waals surface area contributed by atoms with Crippen molar-refractivity contribution >= 4 is 11.8 Å². The molecule has 0 bridgehead atoms. The number of hydrogen-bond acceptors (Lipinski definition) is 4. The first kappa shape index (κ1) is 19.6. The second-order valence-electron chi connectivity index (χ2n) is 7.89. The fourth-order valence-electron chi connectivity index (χ4n) is 4.28. The third kappa shape index (κ3) is 3.93. The van der Waals surface area contributed by atoms with Gasteiger partial charge in [-0.3, -0.25) is 14.4 Å². The number of amides is 2. The van der Waals surface area contributed by atoms with Gasteiger partial charge in [0, 0.05) is 57.9 Å². The van der Waals surface area contributed by atoms with Crippen LogP contribution in [0.15, 0.2) is 16.9 Å². The van der Waals surface area contributed by atoms with Crippen LogP contribution in [-0.4, -0.2) is 66.1 Å². The Morgan fingerprint density at radius 3 is 2.74 bits per heavy atom. The van der Waals surface area contributed by atoms with Crippen LogP contribution in [0.4, 0.5) is 0 Å². The van der Waals surface area contributed by atoms with Crippen LogP contribution >= 0.6 is 0 Å². The predicted molar refractivity (Wildman–Crippen MR) is 102 cm³/mol. The molecular weight excluding hydrogens is 346 g/mol. The molecule has 1 aromatic heterocycles. The van der Waals surface area contributed by atoms with E-state index in [9.17, 15) is 14.4 Å². The quantitative estimate of drug-likeness (QED) is 0.792. The fraction of sp³-hybridized carbons (Fsp3) is 0.650. The molecule has 2 saturated heterocycles. The molecule has 7 heteroatoms. The lowest BCUT2D eigenvalue weighted by Gasteiger charge is -2.48. The SMILES string of the molecule is COCCN1C[C@]2(CCCN(C(=O)c3ccc(C)n(C)c3=O)C2)CCC1=O. The minimum atomic E-state index is -0.250. The summed E-state index contributed by atoms with van der Waals surface area (Å²) in [5.41, 5.74) is 0.723. The number of aryl methyl sites for hydroxylation is 1. The molecule has 1 spiro atoms. The van der Waals surface area contributed by atoms with Crippen molar-refractivity contribution in [2.24, 2.45) is 12.5 Å². The number of aromatic nitrogens is 1. The van der Waals surface area contributed by atoms with Gasteiger partial charge < -0.3 is 19.1 Å². The number of rotatable bonds is 4. The summed E-state index contributed by atoms with van der Waals surface area (Å²) < 4.78 is 6.64. The maximum absolute atomic E-state index is 13.0. The number of pyridine rings is 1. The number of hydrogen-bond donors (Lipinski definition) is 0. The summed E-state index contributed by atoms with van der Waals surface area (Å²) in [6.45, 7) is 4.86. The smallest absolute Gasteiger partial charge is 0.263 e. The standard InChI is InChI=1S/C20H29N3O4/c1-15-5-6-16(18(25)21(15)2)19(26)23-10-4-8-20(14-23)9-7-17(24)22(13-20)11-12-27-3/h5-6H,4,7-14H2,1-3H3/t20-/m0/s1. The minimum absolute atomic E-state index is 0.0779. The molecule has 2 fully saturated rings. The van der Waals surface area contributed by atoms with Gasteiger partial charge in [-0.25, -0.2) is 0 Å². The Hall–Kier alpha value is -2.15. The molecule has 0 N–H and O–H groups in total. The summed E-state index contributed by atoms with van der Waals surface area (Å²) in [7, 11) is 3.32. The molecule has 0 saturated carbocycles. The minimum Gasteiger partial charge on any atom is -0.383 e. The summed E-state index contributed by atoms with van der Waals surface area (Å²) >= 11 is 0. The van der Waals surface area contributed by atoms with Gasteiger partial charge in [0.05, 0.1) is 6.61 Å². The van der Waals surface area contributed by atoms with Gasteiger partial charge in [0.25, 0.3) is 11.5 Å². The number of piperidine rings is 2. The van der Waals surface area contributed by atoms with Gasteiger partial charge in [-0.05, 0) is 38.3 Å². The van der Waals surface area contributed by atoms with E-state index in [1.807, 2.05) is 11.8 Å². The van der Waals surface area contributed by atoms with Crippen molar-refractivity contribution in [2.45, 2.75) is 32.6 Å². The Kier molecular flexibility index (Phi) is 5.69. The van der Waals surface area contributed by atoms with E-state index in [1.54, 1.807) is 31.2 Å². The van der Waals surface area contributed by atoms with E-state index < -0.39 is 0 Å². The number of ether oxygens (including phenoxy) is 1. The molecule has 0 aromatic carbocycles. The molecule has 2 amide bonds. The molecule has 2 aliphatic rings. The molecule has 0 unspecified atom stereocenters. The number of carbonyl (C=O) groups excluding carboxylic acids is 2. The van der Waals surface area contributed by atoms with E-state index in [0.717, 1.165) is 25.0 Å². The van der Waals surface area contributed by atoms with E-state index in [2.05, 4.69) is 0 Å². The zero-order valence-corrected chi connectivity index (χ0v) is 16.5. The molecule has 2 aliphatic heterocycles. The molecule has 1 aromatic rings. The monoisotopic (exact) mass is 375 g/mol. The molecular formula is C20H29N3O4.